The van der Waals surface area contributed by atoms with Gasteiger partial charge in [-0.1, -0.05) is 138 Å². The number of benzene rings is 4. The van der Waals surface area contributed by atoms with E-state index in [1.54, 1.807) is 25.1 Å². The van der Waals surface area contributed by atoms with E-state index < -0.39 is 11.9 Å². The first-order chi connectivity index (χ1) is 34.4. The molecule has 1 aliphatic rings. The molecule has 29 heteroatoms. The van der Waals surface area contributed by atoms with E-state index in [9.17, 15) is 9.59 Å². The minimum Gasteiger partial charge on any atom is -1.00 e. The second-order valence-electron chi connectivity index (χ2n) is 14.1. The van der Waals surface area contributed by atoms with Crippen LogP contribution in [0, 0.1) is 38.5 Å². The van der Waals surface area contributed by atoms with Crippen LogP contribution < -0.4 is 41.8 Å². The molecule has 0 unspecified atom stereocenters. The molecule has 0 aromatic heterocycles. The summed E-state index contributed by atoms with van der Waals surface area (Å²) in [6.45, 7) is 11.9. The van der Waals surface area contributed by atoms with Crippen LogP contribution in [-0.4, -0.2) is 99.4 Å². The van der Waals surface area contributed by atoms with Crippen LogP contribution in [0.4, 0.5) is 0 Å². The average Bonchev–Trinajstić information content (AvgIpc) is 3.94. The number of amidine groups is 2. The molecule has 0 aliphatic carbocycles. The van der Waals surface area contributed by atoms with Gasteiger partial charge in [-0.25, -0.2) is 9.59 Å². The molecule has 0 saturated carbocycles. The Hall–Kier alpha value is 0.490. The first-order valence-electron chi connectivity index (χ1n) is 21.4. The van der Waals surface area contributed by atoms with Gasteiger partial charge in [0.1, 0.15) is 4.03 Å². The van der Waals surface area contributed by atoms with E-state index in [1.165, 1.54) is 72.8 Å². The number of nitrogens with one attached hydrogen (secondary N) is 2. The Bertz CT molecular complexity index is 2140. The van der Waals surface area contributed by atoms with E-state index in [1.807, 2.05) is 51.1 Å². The summed E-state index contributed by atoms with van der Waals surface area (Å²) in [5, 5.41) is 42.0. The second kappa shape index (κ2) is 62.5. The molecule has 1 fully saturated rings. The number of aliphatic hydroxyl groups is 3. The third-order valence-corrected chi connectivity index (χ3v) is 11.0. The monoisotopic (exact) mass is 1650 g/mol. The number of thioether (sulfide) groups is 2. The topological polar surface area (TPSA) is 274 Å². The number of nitrogens with two attached hydrogens (primary N) is 4. The number of esters is 2. The molecule has 77 heavy (non-hydrogen) atoms. The molecule has 1 saturated heterocycles. The van der Waals surface area contributed by atoms with Crippen molar-refractivity contribution in [2.45, 2.75) is 82.8 Å². The number of alkyl halides is 4. The van der Waals surface area contributed by atoms with Gasteiger partial charge in [-0.05, 0) is 152 Å². The molecular weight excluding hydrogens is 1580 g/mol. The number of rotatable bonds is 10. The van der Waals surface area contributed by atoms with Crippen LogP contribution >= 0.6 is 175 Å². The van der Waals surface area contributed by atoms with Crippen LogP contribution in [0.25, 0.3) is 0 Å². The van der Waals surface area contributed by atoms with Gasteiger partial charge in [-0.2, -0.15) is 0 Å². The van der Waals surface area contributed by atoms with Gasteiger partial charge in [-0.3, -0.25) is 10.8 Å². The molecule has 0 amide bonds. The van der Waals surface area contributed by atoms with Gasteiger partial charge in [0.05, 0.1) is 43.9 Å². The fraction of sp³-hybridized carbons (Fsp3) is 0.396. The number of hydrogen-bond acceptors (Lipinski definition) is 13. The van der Waals surface area contributed by atoms with E-state index in [-0.39, 0.29) is 127 Å². The van der Waals surface area contributed by atoms with Crippen molar-refractivity contribution in [2.75, 3.05) is 39.4 Å². The summed E-state index contributed by atoms with van der Waals surface area (Å²) < 4.78 is 13.9. The second-order valence-corrected chi connectivity index (χ2v) is 33.8. The predicted molar refractivity (Wildman–Crippen MR) is 367 cm³/mol. The van der Waals surface area contributed by atoms with Crippen LogP contribution in [0.15, 0.2) is 72.8 Å². The molecule has 5 rings (SSSR count). The molecule has 0 spiro atoms. The average molecular weight is 1660 g/mol. The molecule has 436 valence electrons. The van der Waals surface area contributed by atoms with Gasteiger partial charge >= 0.3 is 30.8 Å². The maximum atomic E-state index is 11.4. The third-order valence-electron chi connectivity index (χ3n) is 8.29. The number of carbonyl (C=O) groups excluding carboxylic acids is 2. The van der Waals surface area contributed by atoms with Gasteiger partial charge in [0, 0.05) is 42.0 Å². The Kier molecular flexibility index (Phi) is 76.2. The SMILES string of the molecule is Br.Br.BrP(Br)Br.C1CCOC1.CCO.COC(=O)c1ccc(C)cc1C(=O)OC.Cc1ccc(CBr)c(CBr)c1.Cc1ccc(CO)c(CO)c1.Cc1ccc(CSC(=N)N)c(CSC(=N)N)c1.ClCCl.NC(N)=S.[AlH3].[H-].[Li+]. The standard InChI is InChI=1S/C11H16N4S2.C11H12O4.C9H10Br2.C9H12O2.C4H8O.C2H6O.CH2Cl2.CH4N2S.Al.Br3P.2BrH.Li.4H/c1-7-2-3-8(5-16-10(12)13)9(4-7)6-17-11(14)15;1-7-4-5-8(10(12)14-2)9(6-7)11(13)15-3;2*1-7-2-3-8(5-10)9(4-7)6-11;1-2-4-5-3-1;1-2-3;2-1-3;2-1(3)4;;1-4(2)3;;;;;;;/h2-4H,5-6H2,1H3,(H3,12,13)(H3,14,15);4-6H,1-3H3;2-4H,5-6H2,1H3;2-4,10-11H,5-6H2,1H3;1-4H2;3H,2H2,1H3;1H2;(H4,2,3,4);;;2*1H;;;;;/q;;;;;;;;;;;;+1;;;;-1. The van der Waals surface area contributed by atoms with Crippen molar-refractivity contribution in [1.29, 1.82) is 10.8 Å². The number of carbonyl (C=O) groups is 2. The van der Waals surface area contributed by atoms with Gasteiger partial charge in [0.25, 0.3) is 0 Å². The molecule has 0 radical (unpaired) electrons. The largest absolute Gasteiger partial charge is 1.00 e. The zero-order valence-corrected chi connectivity index (χ0v) is 60.0. The normalized spacial score (nSPS) is 9.79. The summed E-state index contributed by atoms with van der Waals surface area (Å²) in [6.07, 6.45) is 2.56. The van der Waals surface area contributed by atoms with Crippen LogP contribution in [0.2, 0.25) is 0 Å². The quantitative estimate of drug-likeness (QED) is 0.0136. The number of hydrogen-bond donors (Lipinski definition) is 9. The van der Waals surface area contributed by atoms with Crippen molar-refractivity contribution in [2.24, 2.45) is 22.9 Å². The molecular formula is C48H76AlBr7Cl2LiN6O8PS3. The summed E-state index contributed by atoms with van der Waals surface area (Å²) in [5.41, 5.74) is 31.5. The molecule has 4 aromatic rings. The number of methoxy groups -OCH3 is 2. The van der Waals surface area contributed by atoms with Gasteiger partial charge in [-0.15, -0.1) is 57.2 Å². The molecule has 0 atom stereocenters. The molecule has 0 bridgehead atoms. The maximum absolute atomic E-state index is 11.4. The van der Waals surface area contributed by atoms with E-state index in [0.717, 1.165) is 57.3 Å². The number of ether oxygens (including phenoxy) is 3. The van der Waals surface area contributed by atoms with Crippen molar-refractivity contribution < 1.29 is 59.4 Å². The minimum atomic E-state index is -0.546. The van der Waals surface area contributed by atoms with Gasteiger partial charge < -0.3 is 53.9 Å². The van der Waals surface area contributed by atoms with Crippen LogP contribution in [0.5, 0.6) is 0 Å². The molecule has 1 aliphatic heterocycles. The van der Waals surface area contributed by atoms with Crippen molar-refractivity contribution in [3.63, 3.8) is 0 Å². The predicted octanol–water partition coefficient (Wildman–Crippen LogP) is 10.5. The zero-order valence-electron chi connectivity index (χ0n) is 44.7. The number of aliphatic hydroxyl groups excluding tert-OH is 3. The first kappa shape index (κ1) is 93.9. The summed E-state index contributed by atoms with van der Waals surface area (Å²) in [5.74, 6) is 0.281. The van der Waals surface area contributed by atoms with E-state index in [2.05, 4.69) is 143 Å². The van der Waals surface area contributed by atoms with Crippen LogP contribution in [-0.2, 0) is 49.6 Å². The van der Waals surface area contributed by atoms with Gasteiger partial charge in [0.2, 0.25) is 0 Å². The zero-order chi connectivity index (χ0) is 56.9. The Morgan fingerprint density at radius 3 is 1.31 bits per heavy atom. The molecule has 14 nitrogen and oxygen atoms in total. The van der Waals surface area contributed by atoms with Crippen LogP contribution in [0.1, 0.15) is 97.5 Å². The Balaban J connectivity index is -0.000000103. The van der Waals surface area contributed by atoms with E-state index in [0.29, 0.717) is 11.5 Å². The molecule has 13 N–H and O–H groups in total. The number of thiocarbonyl (C=S) groups is 1. The Morgan fingerprint density at radius 2 is 0.974 bits per heavy atom. The Morgan fingerprint density at radius 1 is 0.662 bits per heavy atom. The van der Waals surface area contributed by atoms with Crippen molar-refractivity contribution in [1.82, 2.24) is 0 Å². The van der Waals surface area contributed by atoms with Gasteiger partial charge in [0.15, 0.2) is 32.8 Å². The maximum Gasteiger partial charge on any atom is 1.00 e. The minimum absolute atomic E-state index is 0. The summed E-state index contributed by atoms with van der Waals surface area (Å²) in [4.78, 5) is 22.7. The van der Waals surface area contributed by atoms with Crippen LogP contribution in [0.3, 0.4) is 0 Å². The number of aryl methyl sites for hydroxylation is 4. The smallest absolute Gasteiger partial charge is 1.00 e. The summed E-state index contributed by atoms with van der Waals surface area (Å²) in [6, 6.07) is 23.2. The first-order valence-corrected chi connectivity index (χ1v) is 34.4. The fourth-order valence-electron chi connectivity index (χ4n) is 5.14. The summed E-state index contributed by atoms with van der Waals surface area (Å²) in [7, 11) is 2.54. The summed E-state index contributed by atoms with van der Waals surface area (Å²) >= 11 is 32.7. The molecule has 1 heterocycles. The fourth-order valence-corrected chi connectivity index (χ4v) is 7.38. The van der Waals surface area contributed by atoms with E-state index >= 15 is 0 Å². The van der Waals surface area contributed by atoms with Crippen molar-refractivity contribution in [3.8, 4) is 0 Å². The molecule has 4 aromatic carbocycles. The van der Waals surface area contributed by atoms with E-state index in [4.69, 9.17) is 65.5 Å². The van der Waals surface area contributed by atoms with Crippen molar-refractivity contribution in [3.05, 3.63) is 140 Å². The number of halogens is 9. The third kappa shape index (κ3) is 55.4. The van der Waals surface area contributed by atoms with Crippen molar-refractivity contribution >= 4 is 220 Å². The Labute approximate surface area is 568 Å².